The standard InChI is InChI=1S/C16H18ClFN4OS2/c1-24-16-21-20-15(25-16)19-14(23)10-4-6-22(7-5-10)9-11-2-3-12(17)8-13(11)18/h2-3,8,10H,4-7,9H2,1H3,(H,19,20,23). The molecule has 0 spiro atoms. The summed E-state index contributed by atoms with van der Waals surface area (Å²) in [4.78, 5) is 14.5. The lowest BCUT2D eigenvalue weighted by Gasteiger charge is -2.31. The number of hydrogen-bond acceptors (Lipinski definition) is 6. The molecule has 5 nitrogen and oxygen atoms in total. The van der Waals surface area contributed by atoms with E-state index in [9.17, 15) is 9.18 Å². The first-order valence-electron chi connectivity index (χ1n) is 7.90. The lowest BCUT2D eigenvalue weighted by Crippen LogP contribution is -2.37. The van der Waals surface area contributed by atoms with Crippen LogP contribution < -0.4 is 5.32 Å². The number of anilines is 1. The number of rotatable bonds is 5. The number of thioether (sulfide) groups is 1. The third-order valence-electron chi connectivity index (χ3n) is 4.18. The van der Waals surface area contributed by atoms with Crippen LogP contribution in [0.2, 0.25) is 5.02 Å². The number of amides is 1. The Morgan fingerprint density at radius 2 is 2.20 bits per heavy atom. The van der Waals surface area contributed by atoms with Crippen molar-refractivity contribution in [2.75, 3.05) is 24.7 Å². The molecule has 3 rings (SSSR count). The number of likely N-dealkylation sites (tertiary alicyclic amines) is 1. The van der Waals surface area contributed by atoms with Gasteiger partial charge in [0.15, 0.2) is 4.34 Å². The zero-order chi connectivity index (χ0) is 17.8. The number of hydrogen-bond donors (Lipinski definition) is 1. The van der Waals surface area contributed by atoms with E-state index < -0.39 is 0 Å². The van der Waals surface area contributed by atoms with Crippen LogP contribution in [0.25, 0.3) is 0 Å². The number of halogens is 2. The van der Waals surface area contributed by atoms with Crippen molar-refractivity contribution in [3.05, 3.63) is 34.6 Å². The molecular weight excluding hydrogens is 383 g/mol. The van der Waals surface area contributed by atoms with Gasteiger partial charge in [-0.1, -0.05) is 40.8 Å². The zero-order valence-electron chi connectivity index (χ0n) is 13.7. The highest BCUT2D eigenvalue weighted by atomic mass is 35.5. The second-order valence-electron chi connectivity index (χ2n) is 5.85. The second-order valence-corrected chi connectivity index (χ2v) is 8.32. The summed E-state index contributed by atoms with van der Waals surface area (Å²) in [6.07, 6.45) is 3.41. The van der Waals surface area contributed by atoms with E-state index in [-0.39, 0.29) is 17.6 Å². The Bertz CT molecular complexity index is 749. The van der Waals surface area contributed by atoms with E-state index in [1.807, 2.05) is 6.26 Å². The molecule has 0 unspecified atom stereocenters. The Hall–Kier alpha value is -1.22. The van der Waals surface area contributed by atoms with Gasteiger partial charge in [0.2, 0.25) is 11.0 Å². The highest BCUT2D eigenvalue weighted by molar-refractivity contribution is 8.00. The molecule has 1 N–H and O–H groups in total. The predicted octanol–water partition coefficient (Wildman–Crippen LogP) is 3.90. The molecule has 1 saturated heterocycles. The van der Waals surface area contributed by atoms with Crippen molar-refractivity contribution < 1.29 is 9.18 Å². The molecule has 2 heterocycles. The summed E-state index contributed by atoms with van der Waals surface area (Å²) in [6, 6.07) is 4.75. The topological polar surface area (TPSA) is 58.1 Å². The summed E-state index contributed by atoms with van der Waals surface area (Å²) in [5.74, 6) is -0.345. The first-order chi connectivity index (χ1) is 12.0. The fourth-order valence-electron chi connectivity index (χ4n) is 2.79. The maximum atomic E-state index is 13.9. The van der Waals surface area contributed by atoms with Gasteiger partial charge in [-0.2, -0.15) is 0 Å². The molecule has 1 amide bonds. The molecular formula is C16H18ClFN4OS2. The molecule has 0 radical (unpaired) electrons. The largest absolute Gasteiger partial charge is 0.300 e. The molecule has 0 atom stereocenters. The highest BCUT2D eigenvalue weighted by Gasteiger charge is 2.26. The average Bonchev–Trinajstić information content (AvgIpc) is 3.05. The normalized spacial score (nSPS) is 16.1. The van der Waals surface area contributed by atoms with Crippen LogP contribution in [0.15, 0.2) is 22.5 Å². The van der Waals surface area contributed by atoms with Crippen molar-refractivity contribution >= 4 is 45.7 Å². The van der Waals surface area contributed by atoms with E-state index >= 15 is 0 Å². The van der Waals surface area contributed by atoms with Crippen LogP contribution in [-0.4, -0.2) is 40.3 Å². The predicted molar refractivity (Wildman–Crippen MR) is 99.7 cm³/mol. The molecule has 1 aromatic carbocycles. The van der Waals surface area contributed by atoms with Crippen molar-refractivity contribution in [2.45, 2.75) is 23.7 Å². The third kappa shape index (κ3) is 4.91. The smallest absolute Gasteiger partial charge is 0.229 e. The molecule has 2 aromatic rings. The molecule has 0 saturated carbocycles. The van der Waals surface area contributed by atoms with Crippen molar-refractivity contribution in [1.82, 2.24) is 15.1 Å². The van der Waals surface area contributed by atoms with Crippen LogP contribution >= 0.6 is 34.7 Å². The fourth-order valence-corrected chi connectivity index (χ4v) is 4.13. The minimum absolute atomic E-state index is 0.0128. The highest BCUT2D eigenvalue weighted by Crippen LogP contribution is 2.26. The van der Waals surface area contributed by atoms with Gasteiger partial charge < -0.3 is 5.32 Å². The van der Waals surface area contributed by atoms with Gasteiger partial charge in [-0.05, 0) is 44.3 Å². The lowest BCUT2D eigenvalue weighted by atomic mass is 9.95. The first kappa shape index (κ1) is 18.6. The van der Waals surface area contributed by atoms with Gasteiger partial charge in [0.1, 0.15) is 5.82 Å². The Morgan fingerprint density at radius 3 is 2.84 bits per heavy atom. The van der Waals surface area contributed by atoms with Crippen molar-refractivity contribution in [2.24, 2.45) is 5.92 Å². The molecule has 1 aliphatic rings. The van der Waals surface area contributed by atoms with Crippen LogP contribution in [0.5, 0.6) is 0 Å². The fraction of sp³-hybridized carbons (Fsp3) is 0.438. The van der Waals surface area contributed by atoms with E-state index in [2.05, 4.69) is 20.4 Å². The molecule has 9 heteroatoms. The van der Waals surface area contributed by atoms with Crippen LogP contribution in [0.4, 0.5) is 9.52 Å². The molecule has 134 valence electrons. The van der Waals surface area contributed by atoms with Gasteiger partial charge >= 0.3 is 0 Å². The molecule has 0 bridgehead atoms. The molecule has 25 heavy (non-hydrogen) atoms. The molecule has 1 aliphatic heterocycles. The van der Waals surface area contributed by atoms with Gasteiger partial charge in [-0.3, -0.25) is 9.69 Å². The monoisotopic (exact) mass is 400 g/mol. The zero-order valence-corrected chi connectivity index (χ0v) is 16.1. The Balaban J connectivity index is 1.50. The number of nitrogens with one attached hydrogen (secondary N) is 1. The minimum Gasteiger partial charge on any atom is -0.300 e. The quantitative estimate of drug-likeness (QED) is 0.609. The van der Waals surface area contributed by atoms with Crippen molar-refractivity contribution in [3.8, 4) is 0 Å². The SMILES string of the molecule is CSc1nnc(NC(=O)C2CCN(Cc3ccc(Cl)cc3F)CC2)s1. The van der Waals surface area contributed by atoms with Crippen LogP contribution in [-0.2, 0) is 11.3 Å². The molecule has 1 aromatic heterocycles. The Labute approximate surface area is 159 Å². The van der Waals surface area contributed by atoms with E-state index in [0.717, 1.165) is 30.3 Å². The third-order valence-corrected chi connectivity index (χ3v) is 6.23. The number of carbonyl (C=O) groups is 1. The van der Waals surface area contributed by atoms with Gasteiger partial charge in [-0.25, -0.2) is 4.39 Å². The summed E-state index contributed by atoms with van der Waals surface area (Å²) < 4.78 is 14.7. The summed E-state index contributed by atoms with van der Waals surface area (Å²) in [5, 5.41) is 11.7. The number of carbonyl (C=O) groups excluding carboxylic acids is 1. The van der Waals surface area contributed by atoms with Crippen LogP contribution in [0.1, 0.15) is 18.4 Å². The van der Waals surface area contributed by atoms with Gasteiger partial charge in [0.05, 0.1) is 0 Å². The summed E-state index contributed by atoms with van der Waals surface area (Å²) >= 11 is 8.66. The summed E-state index contributed by atoms with van der Waals surface area (Å²) in [7, 11) is 0. The first-order valence-corrected chi connectivity index (χ1v) is 10.3. The van der Waals surface area contributed by atoms with Gasteiger partial charge in [0.25, 0.3) is 0 Å². The maximum Gasteiger partial charge on any atom is 0.229 e. The van der Waals surface area contributed by atoms with Crippen molar-refractivity contribution in [1.29, 1.82) is 0 Å². The minimum atomic E-state index is -0.284. The molecule has 1 fully saturated rings. The second kappa shape index (κ2) is 8.44. The lowest BCUT2D eigenvalue weighted by molar-refractivity contribution is -0.121. The maximum absolute atomic E-state index is 13.9. The van der Waals surface area contributed by atoms with Crippen molar-refractivity contribution in [3.63, 3.8) is 0 Å². The van der Waals surface area contributed by atoms with E-state index in [0.29, 0.717) is 22.3 Å². The van der Waals surface area contributed by atoms with Crippen LogP contribution in [0, 0.1) is 11.7 Å². The number of nitrogens with zero attached hydrogens (tertiary/aromatic N) is 3. The van der Waals surface area contributed by atoms with E-state index in [1.54, 1.807) is 12.1 Å². The molecule has 0 aliphatic carbocycles. The number of benzene rings is 1. The van der Waals surface area contributed by atoms with Crippen LogP contribution in [0.3, 0.4) is 0 Å². The van der Waals surface area contributed by atoms with Gasteiger partial charge in [-0.15, -0.1) is 10.2 Å². The summed E-state index contributed by atoms with van der Waals surface area (Å²) in [6.45, 7) is 2.05. The Kier molecular flexibility index (Phi) is 6.27. The number of piperidine rings is 1. The van der Waals surface area contributed by atoms with E-state index in [4.69, 9.17) is 11.6 Å². The Morgan fingerprint density at radius 1 is 1.44 bits per heavy atom. The number of aromatic nitrogens is 2. The van der Waals surface area contributed by atoms with E-state index in [1.165, 1.54) is 29.2 Å². The summed E-state index contributed by atoms with van der Waals surface area (Å²) in [5.41, 5.74) is 0.630. The van der Waals surface area contributed by atoms with Gasteiger partial charge in [0, 0.05) is 23.0 Å². The average molecular weight is 401 g/mol.